The molecular weight excluding hydrogens is 178 g/mol. The van der Waals surface area contributed by atoms with E-state index >= 15 is 0 Å². The van der Waals surface area contributed by atoms with Crippen LogP contribution in [0.4, 0.5) is 0 Å². The third kappa shape index (κ3) is 2.47. The van der Waals surface area contributed by atoms with Crippen molar-refractivity contribution in [2.75, 3.05) is 0 Å². The minimum absolute atomic E-state index is 0.0825. The van der Waals surface area contributed by atoms with Crippen LogP contribution in [0, 0.1) is 0 Å². The van der Waals surface area contributed by atoms with Crippen LogP contribution >= 0.6 is 0 Å². The summed E-state index contributed by atoms with van der Waals surface area (Å²) < 4.78 is 5.90. The van der Waals surface area contributed by atoms with E-state index in [2.05, 4.69) is 0 Å². The molecule has 2 saturated carbocycles. The molecule has 0 aromatic heterocycles. The lowest BCUT2D eigenvalue weighted by atomic mass is 9.94. The van der Waals surface area contributed by atoms with Gasteiger partial charge in [-0.15, -0.1) is 0 Å². The van der Waals surface area contributed by atoms with Gasteiger partial charge in [0.1, 0.15) is 0 Å². The second-order valence-electron chi connectivity index (χ2n) is 4.72. The molecule has 2 aliphatic rings. The van der Waals surface area contributed by atoms with Gasteiger partial charge >= 0.3 is 0 Å². The van der Waals surface area contributed by atoms with Gasteiger partial charge in [0.15, 0.2) is 0 Å². The number of aliphatic hydroxyl groups excluding tert-OH is 1. The number of hydrogen-bond acceptors (Lipinski definition) is 3. The van der Waals surface area contributed by atoms with Crippen molar-refractivity contribution < 1.29 is 9.84 Å². The summed E-state index contributed by atoms with van der Waals surface area (Å²) in [6.07, 6.45) is 7.55. The Hall–Kier alpha value is -0.120. The maximum atomic E-state index is 9.74. The second kappa shape index (κ2) is 4.60. The summed E-state index contributed by atoms with van der Waals surface area (Å²) in [6, 6.07) is 0.320. The minimum atomic E-state index is -0.236. The molecule has 4 atom stereocenters. The Morgan fingerprint density at radius 1 is 1.07 bits per heavy atom. The number of rotatable bonds is 2. The van der Waals surface area contributed by atoms with Crippen LogP contribution in [0.5, 0.6) is 0 Å². The molecule has 0 amide bonds. The van der Waals surface area contributed by atoms with Crippen LogP contribution in [0.2, 0.25) is 0 Å². The summed E-state index contributed by atoms with van der Waals surface area (Å²) in [5.41, 5.74) is 5.82. The molecule has 82 valence electrons. The molecule has 0 spiro atoms. The van der Waals surface area contributed by atoms with E-state index in [0.717, 1.165) is 38.5 Å². The molecular formula is C11H21NO2. The summed E-state index contributed by atoms with van der Waals surface area (Å²) in [5, 5.41) is 9.74. The molecule has 3 nitrogen and oxygen atoms in total. The van der Waals surface area contributed by atoms with Gasteiger partial charge in [0.25, 0.3) is 0 Å². The fraction of sp³-hybridized carbons (Fsp3) is 1.00. The fourth-order valence-corrected chi connectivity index (χ4v) is 2.58. The Morgan fingerprint density at radius 3 is 2.50 bits per heavy atom. The molecule has 0 saturated heterocycles. The van der Waals surface area contributed by atoms with Crippen molar-refractivity contribution in [3.63, 3.8) is 0 Å². The average molecular weight is 199 g/mol. The van der Waals surface area contributed by atoms with Gasteiger partial charge in [-0.2, -0.15) is 0 Å². The van der Waals surface area contributed by atoms with Crippen LogP contribution in [0.3, 0.4) is 0 Å². The zero-order valence-corrected chi connectivity index (χ0v) is 8.69. The zero-order chi connectivity index (χ0) is 9.97. The Labute approximate surface area is 85.6 Å². The van der Waals surface area contributed by atoms with Gasteiger partial charge in [-0.3, -0.25) is 0 Å². The molecule has 0 heterocycles. The van der Waals surface area contributed by atoms with Crippen molar-refractivity contribution in [2.45, 2.75) is 69.3 Å². The highest BCUT2D eigenvalue weighted by atomic mass is 16.5. The first kappa shape index (κ1) is 10.4. The standard InChI is InChI=1S/C11H21NO2/c12-8-5-6-9(7-8)14-11-4-2-1-3-10(11)13/h8-11,13H,1-7,12H2. The van der Waals surface area contributed by atoms with Crippen LogP contribution in [-0.2, 0) is 4.74 Å². The first-order chi connectivity index (χ1) is 6.75. The van der Waals surface area contributed by atoms with Gasteiger partial charge in [-0.1, -0.05) is 12.8 Å². The third-order valence-corrected chi connectivity index (χ3v) is 3.46. The SMILES string of the molecule is NC1CCC(OC2CCCCC2O)C1. The predicted molar refractivity (Wildman–Crippen MR) is 55.0 cm³/mol. The first-order valence-electron chi connectivity index (χ1n) is 5.85. The van der Waals surface area contributed by atoms with E-state index in [1.54, 1.807) is 0 Å². The average Bonchev–Trinajstić information content (AvgIpc) is 2.56. The van der Waals surface area contributed by atoms with E-state index in [1.165, 1.54) is 6.42 Å². The van der Waals surface area contributed by atoms with E-state index in [4.69, 9.17) is 10.5 Å². The largest absolute Gasteiger partial charge is 0.390 e. The van der Waals surface area contributed by atoms with Gasteiger partial charge in [0.05, 0.1) is 18.3 Å². The highest BCUT2D eigenvalue weighted by molar-refractivity contribution is 4.82. The quantitative estimate of drug-likeness (QED) is 0.702. The van der Waals surface area contributed by atoms with Crippen LogP contribution in [0.1, 0.15) is 44.9 Å². The molecule has 2 fully saturated rings. The third-order valence-electron chi connectivity index (χ3n) is 3.46. The van der Waals surface area contributed by atoms with E-state index < -0.39 is 0 Å². The highest BCUT2D eigenvalue weighted by Crippen LogP contribution is 2.27. The van der Waals surface area contributed by atoms with Crippen LogP contribution in [0.15, 0.2) is 0 Å². The number of hydrogen-bond donors (Lipinski definition) is 2. The van der Waals surface area contributed by atoms with Gasteiger partial charge in [0, 0.05) is 6.04 Å². The minimum Gasteiger partial charge on any atom is -0.390 e. The second-order valence-corrected chi connectivity index (χ2v) is 4.72. The first-order valence-corrected chi connectivity index (χ1v) is 5.85. The van der Waals surface area contributed by atoms with E-state index in [0.29, 0.717) is 12.1 Å². The number of ether oxygens (including phenoxy) is 1. The summed E-state index contributed by atoms with van der Waals surface area (Å²) in [6.45, 7) is 0. The van der Waals surface area contributed by atoms with Crippen molar-refractivity contribution in [2.24, 2.45) is 5.73 Å². The lowest BCUT2D eigenvalue weighted by Gasteiger charge is -2.30. The number of aliphatic hydroxyl groups is 1. The van der Waals surface area contributed by atoms with Crippen molar-refractivity contribution in [1.29, 1.82) is 0 Å². The molecule has 0 radical (unpaired) electrons. The Kier molecular flexibility index (Phi) is 3.42. The molecule has 2 rings (SSSR count). The molecule has 2 aliphatic carbocycles. The molecule has 4 unspecified atom stereocenters. The number of nitrogens with two attached hydrogens (primary N) is 1. The van der Waals surface area contributed by atoms with Gasteiger partial charge in [0.2, 0.25) is 0 Å². The maximum Gasteiger partial charge on any atom is 0.0837 e. The van der Waals surface area contributed by atoms with Gasteiger partial charge < -0.3 is 15.6 Å². The molecule has 0 aliphatic heterocycles. The molecule has 14 heavy (non-hydrogen) atoms. The van der Waals surface area contributed by atoms with Crippen molar-refractivity contribution >= 4 is 0 Å². The topological polar surface area (TPSA) is 55.5 Å². The molecule has 0 bridgehead atoms. The smallest absolute Gasteiger partial charge is 0.0837 e. The Bertz CT molecular complexity index is 186. The summed E-state index contributed by atoms with van der Waals surface area (Å²) in [4.78, 5) is 0. The lowest BCUT2D eigenvalue weighted by molar-refractivity contribution is -0.0916. The molecule has 0 aromatic carbocycles. The van der Waals surface area contributed by atoms with Crippen LogP contribution in [0.25, 0.3) is 0 Å². The molecule has 3 N–H and O–H groups in total. The summed E-state index contributed by atoms with van der Waals surface area (Å²) in [7, 11) is 0. The van der Waals surface area contributed by atoms with Crippen molar-refractivity contribution in [3.8, 4) is 0 Å². The zero-order valence-electron chi connectivity index (χ0n) is 8.69. The van der Waals surface area contributed by atoms with Gasteiger partial charge in [-0.25, -0.2) is 0 Å². The Morgan fingerprint density at radius 2 is 1.86 bits per heavy atom. The lowest BCUT2D eigenvalue weighted by Crippen LogP contribution is -2.35. The van der Waals surface area contributed by atoms with Crippen LogP contribution < -0.4 is 5.73 Å². The monoisotopic (exact) mass is 199 g/mol. The van der Waals surface area contributed by atoms with E-state index in [-0.39, 0.29) is 12.2 Å². The molecule has 0 aromatic rings. The van der Waals surface area contributed by atoms with Crippen molar-refractivity contribution in [3.05, 3.63) is 0 Å². The fourth-order valence-electron chi connectivity index (χ4n) is 2.58. The predicted octanol–water partition coefficient (Wildman–Crippen LogP) is 1.19. The van der Waals surface area contributed by atoms with Crippen LogP contribution in [-0.4, -0.2) is 29.5 Å². The molecule has 3 heteroatoms. The van der Waals surface area contributed by atoms with E-state index in [1.807, 2.05) is 0 Å². The summed E-state index contributed by atoms with van der Waals surface area (Å²) >= 11 is 0. The normalized spacial score (nSPS) is 44.1. The van der Waals surface area contributed by atoms with Gasteiger partial charge in [-0.05, 0) is 32.1 Å². The summed E-state index contributed by atoms with van der Waals surface area (Å²) in [5.74, 6) is 0. The van der Waals surface area contributed by atoms with Crippen molar-refractivity contribution in [1.82, 2.24) is 0 Å². The highest BCUT2D eigenvalue weighted by Gasteiger charge is 2.29. The van der Waals surface area contributed by atoms with E-state index in [9.17, 15) is 5.11 Å². The maximum absolute atomic E-state index is 9.74. The Balaban J connectivity index is 1.78.